The van der Waals surface area contributed by atoms with E-state index in [1.54, 1.807) is 33.8 Å². The Morgan fingerprint density at radius 2 is 2.10 bits per heavy atom. The Hall–Kier alpha value is -2.08. The van der Waals surface area contributed by atoms with Crippen molar-refractivity contribution in [2.45, 2.75) is 26.4 Å². The van der Waals surface area contributed by atoms with Gasteiger partial charge in [0.2, 0.25) is 0 Å². The van der Waals surface area contributed by atoms with E-state index >= 15 is 0 Å². The zero-order chi connectivity index (χ0) is 15.2. The third kappa shape index (κ3) is 4.19. The molecular formula is C14H17ClN4O2. The molecule has 0 aliphatic heterocycles. The molecule has 1 heterocycles. The summed E-state index contributed by atoms with van der Waals surface area (Å²) in [5, 5.41) is 13.9. The molecule has 0 aliphatic carbocycles. The number of hydrogen-bond donors (Lipinski definition) is 1. The first-order valence-corrected chi connectivity index (χ1v) is 7.07. The highest BCUT2D eigenvalue weighted by Gasteiger charge is 2.14. The number of carboxylic acid groups (broad SMARTS) is 1. The molecular weight excluding hydrogens is 292 g/mol. The van der Waals surface area contributed by atoms with Crippen LogP contribution in [0, 0.1) is 0 Å². The second-order valence-corrected chi connectivity index (χ2v) is 5.06. The largest absolute Gasteiger partial charge is 0.480 e. The molecule has 1 aromatic heterocycles. The molecule has 0 unspecified atom stereocenters. The number of carboxylic acids is 1. The van der Waals surface area contributed by atoms with Crippen LogP contribution in [0.3, 0.4) is 0 Å². The summed E-state index contributed by atoms with van der Waals surface area (Å²) in [5.74, 6) is -0.153. The van der Waals surface area contributed by atoms with Crippen LogP contribution < -0.4 is 4.90 Å². The Kier molecular flexibility index (Phi) is 5.16. The molecule has 21 heavy (non-hydrogen) atoms. The fourth-order valence-corrected chi connectivity index (χ4v) is 2.16. The molecule has 2 rings (SSSR count). The summed E-state index contributed by atoms with van der Waals surface area (Å²) in [5.41, 5.74) is 0.785. The van der Waals surface area contributed by atoms with E-state index in [-0.39, 0.29) is 6.54 Å². The monoisotopic (exact) mass is 308 g/mol. The molecule has 1 aromatic carbocycles. The Morgan fingerprint density at radius 3 is 2.71 bits per heavy atom. The van der Waals surface area contributed by atoms with Gasteiger partial charge in [0.15, 0.2) is 0 Å². The third-order valence-electron chi connectivity index (χ3n) is 2.98. The molecule has 2 aromatic rings. The number of rotatable bonds is 7. The number of halogens is 1. The maximum atomic E-state index is 11.1. The quantitative estimate of drug-likeness (QED) is 0.850. The lowest BCUT2D eigenvalue weighted by atomic mass is 10.2. The molecule has 0 aliphatic rings. The average molecular weight is 309 g/mol. The molecule has 0 radical (unpaired) electrons. The van der Waals surface area contributed by atoms with Gasteiger partial charge < -0.3 is 10.0 Å². The maximum Gasteiger partial charge on any atom is 0.323 e. The van der Waals surface area contributed by atoms with E-state index in [0.29, 0.717) is 11.6 Å². The molecule has 0 atom stereocenters. The summed E-state index contributed by atoms with van der Waals surface area (Å²) in [4.78, 5) is 17.0. The summed E-state index contributed by atoms with van der Waals surface area (Å²) < 4.78 is 1.80. The number of carbonyl (C=O) groups is 1. The average Bonchev–Trinajstić information content (AvgIpc) is 2.86. The van der Waals surface area contributed by atoms with Gasteiger partial charge in [-0.15, -0.1) is 0 Å². The van der Waals surface area contributed by atoms with Gasteiger partial charge in [-0.2, -0.15) is 5.10 Å². The Bertz CT molecular complexity index is 597. The van der Waals surface area contributed by atoms with Crippen molar-refractivity contribution < 1.29 is 9.90 Å². The fraction of sp³-hybridized carbons (Fsp3) is 0.357. The topological polar surface area (TPSA) is 71.2 Å². The van der Waals surface area contributed by atoms with E-state index < -0.39 is 5.97 Å². The van der Waals surface area contributed by atoms with Gasteiger partial charge in [0.1, 0.15) is 18.7 Å². The predicted octanol–water partition coefficient (Wildman–Crippen LogP) is 2.43. The van der Waals surface area contributed by atoms with E-state index in [0.717, 1.165) is 24.5 Å². The summed E-state index contributed by atoms with van der Waals surface area (Å²) >= 11 is 5.87. The van der Waals surface area contributed by atoms with Crippen LogP contribution in [0.2, 0.25) is 5.02 Å². The normalized spacial score (nSPS) is 10.6. The van der Waals surface area contributed by atoms with Gasteiger partial charge in [-0.05, 0) is 30.7 Å². The fourth-order valence-electron chi connectivity index (χ4n) is 2.03. The van der Waals surface area contributed by atoms with Gasteiger partial charge in [-0.25, -0.2) is 9.67 Å². The standard InChI is InChI=1S/C14H17ClN4O2/c1-2-7-19-13(16-10-17-19)8-18(9-14(20)21)12-5-3-11(15)4-6-12/h3-6,10H,2,7-9H2,1H3,(H,20,21). The number of hydrogen-bond acceptors (Lipinski definition) is 4. The first-order chi connectivity index (χ1) is 10.1. The highest BCUT2D eigenvalue weighted by Crippen LogP contribution is 2.19. The number of nitrogens with zero attached hydrogens (tertiary/aromatic N) is 4. The van der Waals surface area contributed by atoms with Crippen LogP contribution >= 0.6 is 11.6 Å². The van der Waals surface area contributed by atoms with E-state index in [2.05, 4.69) is 17.0 Å². The molecule has 6 nitrogen and oxygen atoms in total. The van der Waals surface area contributed by atoms with Crippen molar-refractivity contribution in [2.24, 2.45) is 0 Å². The van der Waals surface area contributed by atoms with Crippen molar-refractivity contribution in [1.82, 2.24) is 14.8 Å². The Labute approximate surface area is 128 Å². The van der Waals surface area contributed by atoms with Crippen LogP contribution in [0.1, 0.15) is 19.2 Å². The lowest BCUT2D eigenvalue weighted by Crippen LogP contribution is -2.30. The summed E-state index contributed by atoms with van der Waals surface area (Å²) in [6, 6.07) is 7.07. The Morgan fingerprint density at radius 1 is 1.38 bits per heavy atom. The maximum absolute atomic E-state index is 11.1. The molecule has 0 spiro atoms. The number of aryl methyl sites for hydroxylation is 1. The molecule has 0 fully saturated rings. The summed E-state index contributed by atoms with van der Waals surface area (Å²) in [6.45, 7) is 3.09. The van der Waals surface area contributed by atoms with E-state index in [1.165, 1.54) is 6.33 Å². The zero-order valence-electron chi connectivity index (χ0n) is 11.7. The molecule has 0 saturated carbocycles. The molecule has 0 bridgehead atoms. The number of aliphatic carboxylic acids is 1. The lowest BCUT2D eigenvalue weighted by molar-refractivity contribution is -0.135. The van der Waals surface area contributed by atoms with Gasteiger partial charge in [-0.1, -0.05) is 18.5 Å². The van der Waals surface area contributed by atoms with Crippen LogP contribution in [0.5, 0.6) is 0 Å². The zero-order valence-corrected chi connectivity index (χ0v) is 12.5. The van der Waals surface area contributed by atoms with Crippen molar-refractivity contribution in [3.05, 3.63) is 41.4 Å². The molecule has 0 saturated heterocycles. The van der Waals surface area contributed by atoms with E-state index in [9.17, 15) is 4.79 Å². The second-order valence-electron chi connectivity index (χ2n) is 4.63. The summed E-state index contributed by atoms with van der Waals surface area (Å²) in [7, 11) is 0. The van der Waals surface area contributed by atoms with Crippen molar-refractivity contribution >= 4 is 23.3 Å². The SMILES string of the molecule is CCCn1ncnc1CN(CC(=O)O)c1ccc(Cl)cc1. The van der Waals surface area contributed by atoms with Crippen LogP contribution in [0.25, 0.3) is 0 Å². The van der Waals surface area contributed by atoms with Crippen LogP contribution in [-0.2, 0) is 17.9 Å². The molecule has 112 valence electrons. The first kappa shape index (κ1) is 15.3. The summed E-state index contributed by atoms with van der Waals surface area (Å²) in [6.07, 6.45) is 2.43. The predicted molar refractivity (Wildman–Crippen MR) is 80.5 cm³/mol. The van der Waals surface area contributed by atoms with Crippen molar-refractivity contribution in [3.63, 3.8) is 0 Å². The van der Waals surface area contributed by atoms with Crippen LogP contribution in [0.15, 0.2) is 30.6 Å². The minimum atomic E-state index is -0.897. The number of benzene rings is 1. The lowest BCUT2D eigenvalue weighted by Gasteiger charge is -2.22. The number of aromatic nitrogens is 3. The van der Waals surface area contributed by atoms with Crippen molar-refractivity contribution in [2.75, 3.05) is 11.4 Å². The van der Waals surface area contributed by atoms with E-state index in [4.69, 9.17) is 16.7 Å². The van der Waals surface area contributed by atoms with Gasteiger partial charge >= 0.3 is 5.97 Å². The van der Waals surface area contributed by atoms with Gasteiger partial charge in [-0.3, -0.25) is 4.79 Å². The second kappa shape index (κ2) is 7.08. The van der Waals surface area contributed by atoms with Gasteiger partial charge in [0.05, 0.1) is 6.54 Å². The smallest absolute Gasteiger partial charge is 0.323 e. The van der Waals surface area contributed by atoms with Gasteiger partial charge in [0, 0.05) is 17.3 Å². The Balaban J connectivity index is 2.21. The first-order valence-electron chi connectivity index (χ1n) is 6.69. The van der Waals surface area contributed by atoms with Crippen LogP contribution in [0.4, 0.5) is 5.69 Å². The molecule has 0 amide bonds. The van der Waals surface area contributed by atoms with E-state index in [1.807, 2.05) is 0 Å². The minimum absolute atomic E-state index is 0.110. The number of anilines is 1. The highest BCUT2D eigenvalue weighted by atomic mass is 35.5. The molecule has 1 N–H and O–H groups in total. The molecule has 7 heteroatoms. The van der Waals surface area contributed by atoms with Crippen LogP contribution in [-0.4, -0.2) is 32.4 Å². The van der Waals surface area contributed by atoms with Crippen molar-refractivity contribution in [1.29, 1.82) is 0 Å². The highest BCUT2D eigenvalue weighted by molar-refractivity contribution is 6.30. The third-order valence-corrected chi connectivity index (χ3v) is 3.23. The minimum Gasteiger partial charge on any atom is -0.480 e. The van der Waals surface area contributed by atoms with Gasteiger partial charge in [0.25, 0.3) is 0 Å². The van der Waals surface area contributed by atoms with Crippen molar-refractivity contribution in [3.8, 4) is 0 Å².